The second-order valence-electron chi connectivity index (χ2n) is 7.85. The highest BCUT2D eigenvalue weighted by atomic mass is 19.2. The number of nitrogens with zero attached hydrogens (tertiary/aromatic N) is 5. The Morgan fingerprint density at radius 2 is 2.09 bits per heavy atom. The third-order valence-electron chi connectivity index (χ3n) is 5.40. The predicted molar refractivity (Wildman–Crippen MR) is 117 cm³/mol. The molecule has 9 nitrogen and oxygen atoms in total. The number of ether oxygens (including phenoxy) is 1. The van der Waals surface area contributed by atoms with Gasteiger partial charge >= 0.3 is 6.09 Å². The number of anilines is 1. The van der Waals surface area contributed by atoms with E-state index in [0.717, 1.165) is 11.3 Å². The Morgan fingerprint density at radius 3 is 2.81 bits per heavy atom. The van der Waals surface area contributed by atoms with Gasteiger partial charge in [0, 0.05) is 64.4 Å². The van der Waals surface area contributed by atoms with E-state index in [-0.39, 0.29) is 24.7 Å². The smallest absolute Gasteiger partial charge is 0.412 e. The minimum absolute atomic E-state index is 0.121. The average Bonchev–Trinajstić information content (AvgIpc) is 3.21. The van der Waals surface area contributed by atoms with Crippen LogP contribution in [0.25, 0.3) is 5.69 Å². The zero-order valence-corrected chi connectivity index (χ0v) is 18.0. The highest BCUT2D eigenvalue weighted by molar-refractivity contribution is 5.87. The molecule has 168 valence electrons. The van der Waals surface area contributed by atoms with Crippen LogP contribution < -0.4 is 15.6 Å². The Hall–Kier alpha value is -3.53. The fourth-order valence-electron chi connectivity index (χ4n) is 3.54. The van der Waals surface area contributed by atoms with Crippen molar-refractivity contribution in [1.29, 1.82) is 0 Å². The van der Waals surface area contributed by atoms with Crippen LogP contribution in [0.4, 0.5) is 14.9 Å². The molecule has 1 amide bonds. The summed E-state index contributed by atoms with van der Waals surface area (Å²) in [5, 5.41) is 11.6. The van der Waals surface area contributed by atoms with Gasteiger partial charge in [-0.15, -0.1) is 0 Å². The summed E-state index contributed by atoms with van der Waals surface area (Å²) in [4.78, 5) is 26.1. The van der Waals surface area contributed by atoms with E-state index in [4.69, 9.17) is 4.74 Å². The number of benzene rings is 1. The Labute approximate surface area is 184 Å². The van der Waals surface area contributed by atoms with Crippen molar-refractivity contribution >= 4 is 11.8 Å². The van der Waals surface area contributed by atoms with Crippen LogP contribution in [0.5, 0.6) is 0 Å². The Morgan fingerprint density at radius 1 is 1.31 bits per heavy atom. The van der Waals surface area contributed by atoms with Crippen LogP contribution in [-0.4, -0.2) is 51.6 Å². The number of hydrogen-bond donors (Lipinski definition) is 1. The number of rotatable bonds is 5. The molecule has 1 aromatic carbocycles. The minimum Gasteiger partial charge on any atom is -0.412 e. The lowest BCUT2D eigenvalue weighted by Gasteiger charge is -2.31. The van der Waals surface area contributed by atoms with E-state index in [2.05, 4.69) is 15.5 Å². The van der Waals surface area contributed by atoms with E-state index in [0.29, 0.717) is 24.5 Å². The number of nitrogens with one attached hydrogen (secondary N) is 1. The topological polar surface area (TPSA) is 94.3 Å². The van der Waals surface area contributed by atoms with Crippen LogP contribution in [0.3, 0.4) is 0 Å². The van der Waals surface area contributed by atoms with E-state index in [9.17, 15) is 14.0 Å². The molecule has 1 fully saturated rings. The van der Waals surface area contributed by atoms with Gasteiger partial charge in [0.25, 0.3) is 5.85 Å². The van der Waals surface area contributed by atoms with Gasteiger partial charge in [0.2, 0.25) is 5.43 Å². The lowest BCUT2D eigenvalue weighted by atomic mass is 10.1. The van der Waals surface area contributed by atoms with Crippen LogP contribution >= 0.6 is 0 Å². The predicted octanol–water partition coefficient (Wildman–Crippen LogP) is 2.18. The molecule has 2 aromatic heterocycles. The SMILES string of the molecule is CN(C(=O)OC1(F)CCNCC1)c1cccc(Cc2nn(-c3cnn(C)c3)ccc2=O)c1. The van der Waals surface area contributed by atoms with Crippen LogP contribution in [-0.2, 0) is 18.2 Å². The largest absolute Gasteiger partial charge is 0.416 e. The maximum absolute atomic E-state index is 14.7. The van der Waals surface area contributed by atoms with Gasteiger partial charge < -0.3 is 10.1 Å². The molecule has 1 aliphatic heterocycles. The van der Waals surface area contributed by atoms with Crippen molar-refractivity contribution in [2.75, 3.05) is 25.0 Å². The monoisotopic (exact) mass is 440 g/mol. The first kappa shape index (κ1) is 21.7. The fourth-order valence-corrected chi connectivity index (χ4v) is 3.54. The first-order valence-corrected chi connectivity index (χ1v) is 10.4. The Balaban J connectivity index is 1.51. The molecule has 0 radical (unpaired) electrons. The summed E-state index contributed by atoms with van der Waals surface area (Å²) in [7, 11) is 3.33. The van der Waals surface area contributed by atoms with E-state index in [1.54, 1.807) is 53.2 Å². The Bertz CT molecular complexity index is 1170. The number of aromatic nitrogens is 4. The molecule has 3 aromatic rings. The number of piperidine rings is 1. The third-order valence-corrected chi connectivity index (χ3v) is 5.40. The molecule has 3 heterocycles. The summed E-state index contributed by atoms with van der Waals surface area (Å²) in [5.41, 5.74) is 2.23. The lowest BCUT2D eigenvalue weighted by molar-refractivity contribution is -0.111. The van der Waals surface area contributed by atoms with Gasteiger partial charge in [-0.3, -0.25) is 14.4 Å². The second-order valence-corrected chi connectivity index (χ2v) is 7.85. The number of aryl methyl sites for hydroxylation is 1. The summed E-state index contributed by atoms with van der Waals surface area (Å²) in [6.45, 7) is 0.924. The van der Waals surface area contributed by atoms with Gasteiger partial charge in [0.05, 0.1) is 12.4 Å². The molecule has 10 heteroatoms. The van der Waals surface area contributed by atoms with E-state index in [1.807, 2.05) is 6.07 Å². The van der Waals surface area contributed by atoms with Crippen molar-refractivity contribution in [3.8, 4) is 5.69 Å². The summed E-state index contributed by atoms with van der Waals surface area (Å²) >= 11 is 0. The molecule has 32 heavy (non-hydrogen) atoms. The molecule has 4 rings (SSSR count). The highest BCUT2D eigenvalue weighted by Gasteiger charge is 2.36. The third kappa shape index (κ3) is 4.86. The van der Waals surface area contributed by atoms with Gasteiger partial charge in [0.15, 0.2) is 0 Å². The molecule has 1 saturated heterocycles. The summed E-state index contributed by atoms with van der Waals surface area (Å²) in [5.74, 6) is -1.96. The van der Waals surface area contributed by atoms with Gasteiger partial charge in [-0.05, 0) is 17.7 Å². The number of hydrogen-bond acceptors (Lipinski definition) is 6. The molecule has 1 aliphatic rings. The van der Waals surface area contributed by atoms with Gasteiger partial charge in [0.1, 0.15) is 11.4 Å². The number of carbonyl (C=O) groups is 1. The zero-order chi connectivity index (χ0) is 22.7. The fraction of sp³-hybridized carbons (Fsp3) is 0.364. The molecule has 1 N–H and O–H groups in total. The molecule has 0 spiro atoms. The van der Waals surface area contributed by atoms with Crippen molar-refractivity contribution in [1.82, 2.24) is 24.9 Å². The van der Waals surface area contributed by atoms with Crippen molar-refractivity contribution < 1.29 is 13.9 Å². The van der Waals surface area contributed by atoms with E-state index >= 15 is 0 Å². The summed E-state index contributed by atoms with van der Waals surface area (Å²) in [6.07, 6.45) is 4.80. The van der Waals surface area contributed by atoms with Crippen LogP contribution in [0.1, 0.15) is 24.1 Å². The second kappa shape index (κ2) is 8.91. The molecule has 0 saturated carbocycles. The zero-order valence-electron chi connectivity index (χ0n) is 18.0. The van der Waals surface area contributed by atoms with Crippen LogP contribution in [0.15, 0.2) is 53.7 Å². The average molecular weight is 440 g/mol. The van der Waals surface area contributed by atoms with Gasteiger partial charge in [-0.1, -0.05) is 12.1 Å². The lowest BCUT2D eigenvalue weighted by Crippen LogP contribution is -2.44. The van der Waals surface area contributed by atoms with Gasteiger partial charge in [-0.2, -0.15) is 14.6 Å². The normalized spacial score (nSPS) is 15.3. The standard InChI is InChI=1S/C22H25FN6O3/c1-27-15-18(14-25-27)29-11-6-20(30)19(26-29)13-16-4-3-5-17(12-16)28(2)21(31)32-22(23)7-9-24-10-8-22/h3-6,11-12,14-15,24H,7-10,13H2,1-2H3. The van der Waals surface area contributed by atoms with Crippen molar-refractivity contribution in [2.24, 2.45) is 7.05 Å². The molecule has 0 atom stereocenters. The Kier molecular flexibility index (Phi) is 6.04. The van der Waals surface area contributed by atoms with E-state index < -0.39 is 11.9 Å². The first-order chi connectivity index (χ1) is 15.3. The summed E-state index contributed by atoms with van der Waals surface area (Å²) < 4.78 is 23.1. The van der Waals surface area contributed by atoms with Crippen LogP contribution in [0, 0.1) is 0 Å². The first-order valence-electron chi connectivity index (χ1n) is 10.4. The quantitative estimate of drug-likeness (QED) is 0.654. The molecule has 0 unspecified atom stereocenters. The van der Waals surface area contributed by atoms with Crippen molar-refractivity contribution in [3.63, 3.8) is 0 Å². The van der Waals surface area contributed by atoms with E-state index in [1.165, 1.54) is 18.0 Å². The number of alkyl halides is 1. The molecular weight excluding hydrogens is 415 g/mol. The number of amides is 1. The highest BCUT2D eigenvalue weighted by Crippen LogP contribution is 2.27. The van der Waals surface area contributed by atoms with Crippen molar-refractivity contribution in [2.45, 2.75) is 25.1 Å². The maximum Gasteiger partial charge on any atom is 0.416 e. The maximum atomic E-state index is 14.7. The van der Waals surface area contributed by atoms with Gasteiger partial charge in [-0.25, -0.2) is 9.48 Å². The number of carbonyl (C=O) groups excluding carboxylic acids is 1. The van der Waals surface area contributed by atoms with Crippen molar-refractivity contribution in [3.05, 3.63) is 70.4 Å². The molecule has 0 aliphatic carbocycles. The van der Waals surface area contributed by atoms with Crippen LogP contribution in [0.2, 0.25) is 0 Å². The molecular formula is C22H25FN6O3. The summed E-state index contributed by atoms with van der Waals surface area (Å²) in [6, 6.07) is 8.56. The minimum atomic E-state index is -1.96. The molecule has 0 bridgehead atoms. The number of halogens is 1.